The number of benzene rings is 1. The Labute approximate surface area is 102 Å². The molecule has 0 saturated carbocycles. The van der Waals surface area contributed by atoms with Crippen molar-refractivity contribution in [1.29, 1.82) is 0 Å². The summed E-state index contributed by atoms with van der Waals surface area (Å²) < 4.78 is 5.18. The molecule has 1 atom stereocenters. The molecule has 0 bridgehead atoms. The van der Waals surface area contributed by atoms with Gasteiger partial charge >= 0.3 is 0 Å². The maximum Gasteiger partial charge on any atom is 0.254 e. The molecule has 4 nitrogen and oxygen atoms in total. The molecular formula is C13H19NO3. The first-order valence-corrected chi connectivity index (χ1v) is 5.54. The maximum absolute atomic E-state index is 12.1. The second kappa shape index (κ2) is 5.68. The Morgan fingerprint density at radius 1 is 1.53 bits per heavy atom. The summed E-state index contributed by atoms with van der Waals surface area (Å²) in [6.07, 6.45) is 0. The van der Waals surface area contributed by atoms with E-state index in [0.29, 0.717) is 11.3 Å². The average Bonchev–Trinajstić information content (AvgIpc) is 2.36. The lowest BCUT2D eigenvalue weighted by Crippen LogP contribution is -2.37. The molecule has 94 valence electrons. The highest BCUT2D eigenvalue weighted by Gasteiger charge is 2.17. The van der Waals surface area contributed by atoms with Crippen molar-refractivity contribution in [1.82, 2.24) is 4.90 Å². The highest BCUT2D eigenvalue weighted by atomic mass is 16.5. The normalized spacial score (nSPS) is 12.1. The van der Waals surface area contributed by atoms with Crippen LogP contribution in [0.2, 0.25) is 0 Å². The molecule has 1 aromatic rings. The Morgan fingerprint density at radius 3 is 2.71 bits per heavy atom. The number of ether oxygens (including phenoxy) is 1. The van der Waals surface area contributed by atoms with Crippen LogP contribution in [0.1, 0.15) is 22.8 Å². The van der Waals surface area contributed by atoms with Crippen LogP contribution in [-0.2, 0) is 0 Å². The van der Waals surface area contributed by atoms with Gasteiger partial charge in [0.15, 0.2) is 0 Å². The number of carbonyl (C=O) groups is 1. The molecule has 1 N–H and O–H groups in total. The third kappa shape index (κ3) is 2.97. The fourth-order valence-electron chi connectivity index (χ4n) is 1.48. The average molecular weight is 237 g/mol. The molecule has 1 aromatic carbocycles. The minimum absolute atomic E-state index is 0.0504. The molecule has 0 fully saturated rings. The van der Waals surface area contributed by atoms with Crippen LogP contribution in [0.15, 0.2) is 18.2 Å². The number of nitrogens with zero attached hydrogens (tertiary/aromatic N) is 1. The second-order valence-electron chi connectivity index (χ2n) is 4.13. The summed E-state index contributed by atoms with van der Waals surface area (Å²) in [4.78, 5) is 13.6. The van der Waals surface area contributed by atoms with E-state index >= 15 is 0 Å². The van der Waals surface area contributed by atoms with Gasteiger partial charge < -0.3 is 14.7 Å². The Bertz CT molecular complexity index is 404. The Hall–Kier alpha value is -1.55. The number of aryl methyl sites for hydroxylation is 1. The lowest BCUT2D eigenvalue weighted by Gasteiger charge is -2.23. The number of hydrogen-bond donors (Lipinski definition) is 1. The van der Waals surface area contributed by atoms with Crippen LogP contribution < -0.4 is 4.74 Å². The summed E-state index contributed by atoms with van der Waals surface area (Å²) >= 11 is 0. The second-order valence-corrected chi connectivity index (χ2v) is 4.13. The molecule has 17 heavy (non-hydrogen) atoms. The Morgan fingerprint density at radius 2 is 2.18 bits per heavy atom. The molecule has 0 radical (unpaired) electrons. The van der Waals surface area contributed by atoms with Gasteiger partial charge in [-0.2, -0.15) is 0 Å². The summed E-state index contributed by atoms with van der Waals surface area (Å²) in [6.45, 7) is 3.67. The smallest absolute Gasteiger partial charge is 0.254 e. The van der Waals surface area contributed by atoms with Crippen LogP contribution in [0, 0.1) is 6.92 Å². The zero-order chi connectivity index (χ0) is 13.0. The molecule has 1 unspecified atom stereocenters. The zero-order valence-electron chi connectivity index (χ0n) is 10.7. The first-order valence-electron chi connectivity index (χ1n) is 5.54. The molecule has 1 rings (SSSR count). The van der Waals surface area contributed by atoms with Crippen molar-refractivity contribution in [2.24, 2.45) is 0 Å². The lowest BCUT2D eigenvalue weighted by atomic mass is 10.1. The van der Waals surface area contributed by atoms with E-state index in [9.17, 15) is 4.79 Å². The van der Waals surface area contributed by atoms with Gasteiger partial charge in [0.05, 0.1) is 19.8 Å². The minimum Gasteiger partial charge on any atom is -0.496 e. The number of carbonyl (C=O) groups excluding carboxylic acids is 1. The minimum atomic E-state index is -0.199. The van der Waals surface area contributed by atoms with Crippen LogP contribution in [0.4, 0.5) is 0 Å². The van der Waals surface area contributed by atoms with Gasteiger partial charge in [-0.15, -0.1) is 0 Å². The molecule has 0 saturated heterocycles. The van der Waals surface area contributed by atoms with E-state index in [1.54, 1.807) is 33.2 Å². The Balaban J connectivity index is 2.96. The van der Waals surface area contributed by atoms with Crippen molar-refractivity contribution < 1.29 is 14.6 Å². The maximum atomic E-state index is 12.1. The van der Waals surface area contributed by atoms with Crippen molar-refractivity contribution in [3.8, 4) is 5.75 Å². The molecule has 0 aliphatic carbocycles. The van der Waals surface area contributed by atoms with Gasteiger partial charge in [0.2, 0.25) is 0 Å². The van der Waals surface area contributed by atoms with Crippen molar-refractivity contribution in [3.05, 3.63) is 29.3 Å². The zero-order valence-corrected chi connectivity index (χ0v) is 10.7. The summed E-state index contributed by atoms with van der Waals surface area (Å²) in [5.41, 5.74) is 1.55. The van der Waals surface area contributed by atoms with Crippen LogP contribution >= 0.6 is 0 Å². The fraction of sp³-hybridized carbons (Fsp3) is 0.462. The molecule has 1 amide bonds. The number of amides is 1. The van der Waals surface area contributed by atoms with E-state index in [4.69, 9.17) is 9.84 Å². The van der Waals surface area contributed by atoms with Crippen LogP contribution in [0.5, 0.6) is 5.75 Å². The molecule has 0 heterocycles. The number of aliphatic hydroxyl groups is 1. The number of likely N-dealkylation sites (N-methyl/N-ethyl adjacent to an activating group) is 1. The van der Waals surface area contributed by atoms with Crippen LogP contribution in [0.3, 0.4) is 0 Å². The van der Waals surface area contributed by atoms with Gasteiger partial charge in [-0.05, 0) is 31.5 Å². The largest absolute Gasteiger partial charge is 0.496 e. The van der Waals surface area contributed by atoms with E-state index in [2.05, 4.69) is 0 Å². The van der Waals surface area contributed by atoms with E-state index in [-0.39, 0.29) is 18.6 Å². The van der Waals surface area contributed by atoms with Gasteiger partial charge in [0.25, 0.3) is 5.91 Å². The number of aliphatic hydroxyl groups excluding tert-OH is 1. The van der Waals surface area contributed by atoms with Gasteiger partial charge in [0, 0.05) is 12.6 Å². The monoisotopic (exact) mass is 237 g/mol. The summed E-state index contributed by atoms with van der Waals surface area (Å²) in [5, 5.41) is 9.03. The summed E-state index contributed by atoms with van der Waals surface area (Å²) in [5.74, 6) is 0.575. The molecule has 0 aromatic heterocycles. The third-order valence-electron chi connectivity index (χ3n) is 2.90. The quantitative estimate of drug-likeness (QED) is 0.862. The highest BCUT2D eigenvalue weighted by molar-refractivity contribution is 5.94. The van der Waals surface area contributed by atoms with Gasteiger partial charge in [-0.1, -0.05) is 6.07 Å². The third-order valence-corrected chi connectivity index (χ3v) is 2.90. The summed E-state index contributed by atoms with van der Waals surface area (Å²) in [7, 11) is 3.26. The van der Waals surface area contributed by atoms with Crippen molar-refractivity contribution in [2.75, 3.05) is 20.8 Å². The van der Waals surface area contributed by atoms with Crippen LogP contribution in [-0.4, -0.2) is 42.7 Å². The van der Waals surface area contributed by atoms with Crippen LogP contribution in [0.25, 0.3) is 0 Å². The van der Waals surface area contributed by atoms with Crippen molar-refractivity contribution in [2.45, 2.75) is 19.9 Å². The molecular weight excluding hydrogens is 218 g/mol. The Kier molecular flexibility index (Phi) is 4.52. The van der Waals surface area contributed by atoms with E-state index < -0.39 is 0 Å². The first kappa shape index (κ1) is 13.5. The van der Waals surface area contributed by atoms with Gasteiger partial charge in [-0.25, -0.2) is 0 Å². The predicted molar refractivity (Wildman–Crippen MR) is 66.4 cm³/mol. The standard InChI is InChI=1S/C13H19NO3/c1-9-5-6-11(7-12(9)17-4)13(16)14(3)10(2)8-15/h5-7,10,15H,8H2,1-4H3. The number of methoxy groups -OCH3 is 1. The van der Waals surface area contributed by atoms with E-state index in [1.807, 2.05) is 13.0 Å². The SMILES string of the molecule is COc1cc(C(=O)N(C)C(C)CO)ccc1C. The molecule has 0 aliphatic heterocycles. The molecule has 0 aliphatic rings. The van der Waals surface area contributed by atoms with Gasteiger partial charge in [0.1, 0.15) is 5.75 Å². The van der Waals surface area contributed by atoms with Crippen molar-refractivity contribution >= 4 is 5.91 Å². The number of hydrogen-bond acceptors (Lipinski definition) is 3. The summed E-state index contributed by atoms with van der Waals surface area (Å²) in [6, 6.07) is 5.14. The van der Waals surface area contributed by atoms with E-state index in [0.717, 1.165) is 5.56 Å². The molecule has 0 spiro atoms. The number of rotatable bonds is 4. The van der Waals surface area contributed by atoms with E-state index in [1.165, 1.54) is 4.90 Å². The first-order chi connectivity index (χ1) is 8.01. The topological polar surface area (TPSA) is 49.8 Å². The predicted octanol–water partition coefficient (Wildman–Crippen LogP) is 1.46. The lowest BCUT2D eigenvalue weighted by molar-refractivity contribution is 0.0682. The molecule has 4 heteroatoms. The highest BCUT2D eigenvalue weighted by Crippen LogP contribution is 2.20. The fourth-order valence-corrected chi connectivity index (χ4v) is 1.48. The van der Waals surface area contributed by atoms with Crippen molar-refractivity contribution in [3.63, 3.8) is 0 Å². The van der Waals surface area contributed by atoms with Gasteiger partial charge in [-0.3, -0.25) is 4.79 Å².